The predicted molar refractivity (Wildman–Crippen MR) is 76.1 cm³/mol. The number of nitrogens with one attached hydrogen (secondary N) is 1. The fourth-order valence-corrected chi connectivity index (χ4v) is 2.75. The molecular weight excluding hydrogens is 278 g/mol. The van der Waals surface area contributed by atoms with Gasteiger partial charge in [-0.1, -0.05) is 11.8 Å². The largest absolute Gasteiger partial charge is 0.368 e. The van der Waals surface area contributed by atoms with Crippen molar-refractivity contribution in [2.45, 2.75) is 24.8 Å². The average molecular weight is 295 g/mol. The maximum absolute atomic E-state index is 12.0. The van der Waals surface area contributed by atoms with Gasteiger partial charge in [0.15, 0.2) is 0 Å². The van der Waals surface area contributed by atoms with Gasteiger partial charge < -0.3 is 11.5 Å². The van der Waals surface area contributed by atoms with Crippen molar-refractivity contribution in [3.8, 4) is 11.8 Å². The highest BCUT2D eigenvalue weighted by Crippen LogP contribution is 2.15. The molecule has 0 radical (unpaired) electrons. The summed E-state index contributed by atoms with van der Waals surface area (Å²) in [5.74, 6) is 4.81. The SMILES string of the molecule is Cc1cc(S(=O)(=O)NC(C)C(N)=O)ccc1C#CCN. The molecule has 0 bridgehead atoms. The topological polar surface area (TPSA) is 115 Å². The minimum absolute atomic E-state index is 0.0569. The molecule has 0 aliphatic carbocycles. The van der Waals surface area contributed by atoms with Crippen LogP contribution >= 0.6 is 0 Å². The van der Waals surface area contributed by atoms with E-state index in [-0.39, 0.29) is 11.4 Å². The van der Waals surface area contributed by atoms with Crippen LogP contribution in [0, 0.1) is 18.8 Å². The van der Waals surface area contributed by atoms with Gasteiger partial charge >= 0.3 is 0 Å². The van der Waals surface area contributed by atoms with Crippen LogP contribution in [0.1, 0.15) is 18.1 Å². The predicted octanol–water partition coefficient (Wildman–Crippen LogP) is -0.543. The lowest BCUT2D eigenvalue weighted by atomic mass is 10.1. The van der Waals surface area contributed by atoms with E-state index in [9.17, 15) is 13.2 Å². The standard InChI is InChI=1S/C13H17N3O3S/c1-9-8-12(6-5-11(9)4-3-7-14)20(18,19)16-10(2)13(15)17/h5-6,8,10,16H,7,14H2,1-2H3,(H2,15,17). The van der Waals surface area contributed by atoms with E-state index < -0.39 is 22.0 Å². The maximum Gasteiger partial charge on any atom is 0.241 e. The van der Waals surface area contributed by atoms with Gasteiger partial charge in [0.25, 0.3) is 0 Å². The van der Waals surface area contributed by atoms with Crippen LogP contribution in [-0.4, -0.2) is 26.9 Å². The maximum atomic E-state index is 12.0. The third-order valence-corrected chi connectivity index (χ3v) is 4.13. The molecule has 0 saturated heterocycles. The molecule has 1 aromatic carbocycles. The molecule has 0 aliphatic heterocycles. The Bertz CT molecular complexity index is 672. The molecule has 1 amide bonds. The van der Waals surface area contributed by atoms with Crippen molar-refractivity contribution in [3.63, 3.8) is 0 Å². The normalized spacial score (nSPS) is 12.3. The second-order valence-electron chi connectivity index (χ2n) is 4.23. The summed E-state index contributed by atoms with van der Waals surface area (Å²) < 4.78 is 26.3. The number of carbonyl (C=O) groups excluding carboxylic acids is 1. The van der Waals surface area contributed by atoms with Crippen molar-refractivity contribution in [3.05, 3.63) is 29.3 Å². The van der Waals surface area contributed by atoms with Gasteiger partial charge in [-0.3, -0.25) is 4.79 Å². The van der Waals surface area contributed by atoms with Crippen LogP contribution in [0.15, 0.2) is 23.1 Å². The van der Waals surface area contributed by atoms with Gasteiger partial charge in [-0.05, 0) is 37.6 Å². The van der Waals surface area contributed by atoms with Crippen molar-refractivity contribution in [2.24, 2.45) is 11.5 Å². The molecule has 0 aliphatic rings. The molecule has 20 heavy (non-hydrogen) atoms. The van der Waals surface area contributed by atoms with Crippen LogP contribution < -0.4 is 16.2 Å². The van der Waals surface area contributed by atoms with Gasteiger partial charge in [0.1, 0.15) is 0 Å². The second-order valence-corrected chi connectivity index (χ2v) is 5.94. The lowest BCUT2D eigenvalue weighted by Gasteiger charge is -2.11. The Balaban J connectivity index is 3.09. The zero-order valence-electron chi connectivity index (χ0n) is 11.3. The van der Waals surface area contributed by atoms with E-state index in [0.29, 0.717) is 11.1 Å². The molecule has 1 unspecified atom stereocenters. The molecule has 0 aromatic heterocycles. The fraction of sp³-hybridized carbons (Fsp3) is 0.308. The van der Waals surface area contributed by atoms with Crippen LogP contribution in [0.2, 0.25) is 0 Å². The molecular formula is C13H17N3O3S. The first kappa shape index (κ1) is 16.2. The van der Waals surface area contributed by atoms with Crippen molar-refractivity contribution < 1.29 is 13.2 Å². The first-order chi connectivity index (χ1) is 9.27. The Kier molecular flexibility index (Phi) is 5.27. The van der Waals surface area contributed by atoms with Gasteiger partial charge in [0, 0.05) is 5.56 Å². The molecule has 5 N–H and O–H groups in total. The number of hydrogen-bond acceptors (Lipinski definition) is 4. The Morgan fingerprint density at radius 2 is 2.10 bits per heavy atom. The number of nitrogens with two attached hydrogens (primary N) is 2. The molecule has 0 fully saturated rings. The summed E-state index contributed by atoms with van der Waals surface area (Å²) in [4.78, 5) is 11.0. The Morgan fingerprint density at radius 3 is 2.60 bits per heavy atom. The summed E-state index contributed by atoms with van der Waals surface area (Å²) >= 11 is 0. The Labute approximate surface area is 118 Å². The molecule has 1 atom stereocenters. The molecule has 0 saturated carbocycles. The monoisotopic (exact) mass is 295 g/mol. The number of carbonyl (C=O) groups is 1. The summed E-state index contributed by atoms with van der Waals surface area (Å²) in [6, 6.07) is 3.53. The van der Waals surface area contributed by atoms with E-state index in [1.54, 1.807) is 13.0 Å². The van der Waals surface area contributed by atoms with Gasteiger partial charge in [0.05, 0.1) is 17.5 Å². The van der Waals surface area contributed by atoms with Crippen LogP contribution in [0.4, 0.5) is 0 Å². The Hall–Kier alpha value is -1.88. The van der Waals surface area contributed by atoms with E-state index in [2.05, 4.69) is 16.6 Å². The number of aryl methyl sites for hydroxylation is 1. The van der Waals surface area contributed by atoms with Crippen LogP contribution in [0.25, 0.3) is 0 Å². The number of rotatable bonds is 4. The molecule has 7 heteroatoms. The van der Waals surface area contributed by atoms with Crippen LogP contribution in [0.5, 0.6) is 0 Å². The number of benzene rings is 1. The lowest BCUT2D eigenvalue weighted by Crippen LogP contribution is -2.42. The smallest absolute Gasteiger partial charge is 0.241 e. The highest BCUT2D eigenvalue weighted by atomic mass is 32.2. The first-order valence-electron chi connectivity index (χ1n) is 5.89. The summed E-state index contributed by atoms with van der Waals surface area (Å²) in [5.41, 5.74) is 11.7. The minimum Gasteiger partial charge on any atom is -0.368 e. The highest BCUT2D eigenvalue weighted by Gasteiger charge is 2.20. The number of amides is 1. The second kappa shape index (κ2) is 6.52. The number of hydrogen-bond donors (Lipinski definition) is 3. The van der Waals surface area contributed by atoms with Crippen molar-refractivity contribution in [2.75, 3.05) is 6.54 Å². The highest BCUT2D eigenvalue weighted by molar-refractivity contribution is 7.89. The van der Waals surface area contributed by atoms with E-state index in [4.69, 9.17) is 11.5 Å². The molecule has 108 valence electrons. The quantitative estimate of drug-likeness (QED) is 0.647. The Morgan fingerprint density at radius 1 is 1.45 bits per heavy atom. The van der Waals surface area contributed by atoms with E-state index in [1.165, 1.54) is 19.1 Å². The summed E-state index contributed by atoms with van der Waals surface area (Å²) in [6.45, 7) is 3.36. The molecule has 1 aromatic rings. The van der Waals surface area contributed by atoms with Gasteiger partial charge in [-0.25, -0.2) is 8.42 Å². The summed E-state index contributed by atoms with van der Waals surface area (Å²) in [5, 5.41) is 0. The lowest BCUT2D eigenvalue weighted by molar-refractivity contribution is -0.119. The first-order valence-corrected chi connectivity index (χ1v) is 7.37. The molecule has 1 rings (SSSR count). The number of sulfonamides is 1. The third kappa shape index (κ3) is 4.06. The van der Waals surface area contributed by atoms with Crippen LogP contribution in [-0.2, 0) is 14.8 Å². The van der Waals surface area contributed by atoms with E-state index in [0.717, 1.165) is 0 Å². The zero-order chi connectivity index (χ0) is 15.3. The van der Waals surface area contributed by atoms with Crippen molar-refractivity contribution in [1.82, 2.24) is 4.72 Å². The van der Waals surface area contributed by atoms with Gasteiger partial charge in [-0.15, -0.1) is 0 Å². The van der Waals surface area contributed by atoms with Gasteiger partial charge in [-0.2, -0.15) is 4.72 Å². The summed E-state index contributed by atoms with van der Waals surface area (Å²) in [6.07, 6.45) is 0. The molecule has 0 heterocycles. The van der Waals surface area contributed by atoms with Crippen LogP contribution in [0.3, 0.4) is 0 Å². The fourth-order valence-electron chi connectivity index (χ4n) is 1.45. The molecule has 0 spiro atoms. The van der Waals surface area contributed by atoms with Gasteiger partial charge in [0.2, 0.25) is 15.9 Å². The van der Waals surface area contributed by atoms with Crippen molar-refractivity contribution >= 4 is 15.9 Å². The minimum atomic E-state index is -3.79. The van der Waals surface area contributed by atoms with Crippen molar-refractivity contribution in [1.29, 1.82) is 0 Å². The van der Waals surface area contributed by atoms with E-state index >= 15 is 0 Å². The number of primary amides is 1. The zero-order valence-corrected chi connectivity index (χ0v) is 12.1. The van der Waals surface area contributed by atoms with E-state index in [1.807, 2.05) is 0 Å². The third-order valence-electron chi connectivity index (χ3n) is 2.59. The molecule has 6 nitrogen and oxygen atoms in total. The average Bonchev–Trinajstić information content (AvgIpc) is 2.36. The summed E-state index contributed by atoms with van der Waals surface area (Å²) in [7, 11) is -3.79.